The number of carbonyl (C=O) groups is 2. The quantitative estimate of drug-likeness (QED) is 0.899. The van der Waals surface area contributed by atoms with Crippen LogP contribution in [0.1, 0.15) is 38.1 Å². The molecule has 0 radical (unpaired) electrons. The van der Waals surface area contributed by atoms with E-state index >= 15 is 0 Å². The fraction of sp³-hybridized carbons (Fsp3) is 0.500. The van der Waals surface area contributed by atoms with Crippen molar-refractivity contribution in [2.24, 2.45) is 11.8 Å². The number of hydrogen-bond acceptors (Lipinski definition) is 3. The summed E-state index contributed by atoms with van der Waals surface area (Å²) in [6, 6.07) is 7.40. The third-order valence-electron chi connectivity index (χ3n) is 3.52. The van der Waals surface area contributed by atoms with Crippen molar-refractivity contribution in [1.29, 1.82) is 0 Å². The van der Waals surface area contributed by atoms with Crippen molar-refractivity contribution in [2.75, 3.05) is 6.54 Å². The van der Waals surface area contributed by atoms with Crippen LogP contribution in [0.3, 0.4) is 0 Å². The average molecular weight is 306 g/mol. The van der Waals surface area contributed by atoms with Gasteiger partial charge < -0.3 is 10.6 Å². The predicted molar refractivity (Wildman–Crippen MR) is 85.2 cm³/mol. The van der Waals surface area contributed by atoms with Gasteiger partial charge in [-0.05, 0) is 24.0 Å². The van der Waals surface area contributed by atoms with Gasteiger partial charge in [-0.1, -0.05) is 51.6 Å². The van der Waals surface area contributed by atoms with Gasteiger partial charge in [-0.2, -0.15) is 0 Å². The zero-order valence-corrected chi connectivity index (χ0v) is 13.7. The number of nitrogens with one attached hydrogen (secondary N) is 2. The first-order valence-corrected chi connectivity index (χ1v) is 8.07. The zero-order valence-electron chi connectivity index (χ0n) is 12.9. The minimum absolute atomic E-state index is 0.0213. The number of rotatable bonds is 4. The number of benzene rings is 1. The Morgan fingerprint density at radius 3 is 2.57 bits per heavy atom. The van der Waals surface area contributed by atoms with Crippen LogP contribution in [0, 0.1) is 11.8 Å². The predicted octanol–water partition coefficient (Wildman–Crippen LogP) is 2.65. The number of amides is 2. The molecule has 1 atom stereocenters. The van der Waals surface area contributed by atoms with E-state index in [0.717, 1.165) is 4.90 Å². The largest absolute Gasteiger partial charge is 0.353 e. The van der Waals surface area contributed by atoms with Crippen LogP contribution in [0.15, 0.2) is 29.2 Å². The molecule has 0 fully saturated rings. The van der Waals surface area contributed by atoms with Crippen molar-refractivity contribution >= 4 is 23.6 Å². The number of hydrogen-bond donors (Lipinski definition) is 2. The van der Waals surface area contributed by atoms with E-state index in [-0.39, 0.29) is 17.7 Å². The van der Waals surface area contributed by atoms with Gasteiger partial charge in [0.05, 0.1) is 5.56 Å². The Morgan fingerprint density at radius 1 is 1.29 bits per heavy atom. The second-order valence-corrected chi connectivity index (χ2v) is 7.33. The summed E-state index contributed by atoms with van der Waals surface area (Å²) in [6.45, 7) is 8.60. The van der Waals surface area contributed by atoms with E-state index in [0.29, 0.717) is 18.0 Å². The van der Waals surface area contributed by atoms with Gasteiger partial charge in [-0.15, -0.1) is 0 Å². The first-order chi connectivity index (χ1) is 9.86. The fourth-order valence-corrected chi connectivity index (χ4v) is 3.54. The summed E-state index contributed by atoms with van der Waals surface area (Å²) in [5.74, 6) is 0.0403. The third-order valence-corrected chi connectivity index (χ3v) is 5.18. The van der Waals surface area contributed by atoms with Crippen LogP contribution in [0.4, 0.5) is 0 Å². The molecule has 1 aromatic rings. The molecule has 0 aliphatic carbocycles. The monoisotopic (exact) mass is 306 g/mol. The molecule has 0 saturated heterocycles. The van der Waals surface area contributed by atoms with Gasteiger partial charge in [0.15, 0.2) is 4.87 Å². The van der Waals surface area contributed by atoms with Crippen LogP contribution in [-0.4, -0.2) is 23.2 Å². The van der Waals surface area contributed by atoms with Crippen LogP contribution in [0.2, 0.25) is 0 Å². The third kappa shape index (κ3) is 3.07. The van der Waals surface area contributed by atoms with Gasteiger partial charge in [0, 0.05) is 11.4 Å². The molecule has 0 spiro atoms. The van der Waals surface area contributed by atoms with E-state index < -0.39 is 4.87 Å². The summed E-state index contributed by atoms with van der Waals surface area (Å²) in [6.07, 6.45) is 0. The number of carbonyl (C=O) groups excluding carboxylic acids is 2. The maximum absolute atomic E-state index is 12.7. The number of fused-ring (bicyclic) bond motifs is 1. The van der Waals surface area contributed by atoms with Crippen molar-refractivity contribution in [3.63, 3.8) is 0 Å². The normalized spacial score (nSPS) is 21.1. The van der Waals surface area contributed by atoms with Gasteiger partial charge in [-0.3, -0.25) is 9.59 Å². The Bertz CT molecular complexity index is 557. The standard InChI is InChI=1S/C16H22N2O2S/c1-10(2)9-17-15(20)16(11(3)4)18-14(19)12-7-5-6-8-13(12)21-16/h5-8,10-11H,9H2,1-4H3,(H,17,20)(H,18,19). The van der Waals surface area contributed by atoms with Gasteiger partial charge in [-0.25, -0.2) is 0 Å². The molecule has 0 bridgehead atoms. The SMILES string of the molecule is CC(C)CNC(=O)C1(C(C)C)NC(=O)c2ccccc2S1. The molecular formula is C16H22N2O2S. The molecule has 2 amide bonds. The Hall–Kier alpha value is -1.49. The first-order valence-electron chi connectivity index (χ1n) is 7.25. The maximum atomic E-state index is 12.7. The molecule has 1 unspecified atom stereocenters. The molecule has 1 heterocycles. The highest BCUT2D eigenvalue weighted by molar-refractivity contribution is 8.01. The summed E-state index contributed by atoms with van der Waals surface area (Å²) in [5, 5.41) is 5.87. The van der Waals surface area contributed by atoms with Crippen LogP contribution >= 0.6 is 11.8 Å². The molecule has 114 valence electrons. The van der Waals surface area contributed by atoms with Crippen molar-refractivity contribution in [2.45, 2.75) is 37.5 Å². The highest BCUT2D eigenvalue weighted by atomic mass is 32.2. The van der Waals surface area contributed by atoms with E-state index in [4.69, 9.17) is 0 Å². The van der Waals surface area contributed by atoms with Gasteiger partial charge in [0.1, 0.15) is 0 Å². The molecule has 5 heteroatoms. The second-order valence-electron chi connectivity index (χ2n) is 6.05. The average Bonchev–Trinajstić information content (AvgIpc) is 2.44. The lowest BCUT2D eigenvalue weighted by molar-refractivity contribution is -0.125. The summed E-state index contributed by atoms with van der Waals surface area (Å²) in [5.41, 5.74) is 0.635. The Morgan fingerprint density at radius 2 is 1.95 bits per heavy atom. The molecule has 1 aromatic carbocycles. The molecule has 1 aliphatic rings. The maximum Gasteiger partial charge on any atom is 0.256 e. The van der Waals surface area contributed by atoms with E-state index in [1.54, 1.807) is 6.07 Å². The van der Waals surface area contributed by atoms with Crippen molar-refractivity contribution < 1.29 is 9.59 Å². The summed E-state index contributed by atoms with van der Waals surface area (Å²) >= 11 is 1.43. The molecule has 0 aromatic heterocycles. The van der Waals surface area contributed by atoms with Crippen molar-refractivity contribution in [3.8, 4) is 0 Å². The molecule has 2 N–H and O–H groups in total. The minimum Gasteiger partial charge on any atom is -0.353 e. The van der Waals surface area contributed by atoms with E-state index in [9.17, 15) is 9.59 Å². The lowest BCUT2D eigenvalue weighted by atomic mass is 10.0. The Labute approximate surface area is 130 Å². The summed E-state index contributed by atoms with van der Waals surface area (Å²) in [7, 11) is 0. The number of thioether (sulfide) groups is 1. The molecule has 0 saturated carbocycles. The summed E-state index contributed by atoms with van der Waals surface area (Å²) in [4.78, 5) is 24.9. The first kappa shape index (κ1) is 15.9. The molecule has 21 heavy (non-hydrogen) atoms. The molecular weight excluding hydrogens is 284 g/mol. The Kier molecular flexibility index (Phi) is 4.61. The summed E-state index contributed by atoms with van der Waals surface area (Å²) < 4.78 is 0. The van der Waals surface area contributed by atoms with Gasteiger partial charge in [0.25, 0.3) is 11.8 Å². The van der Waals surface area contributed by atoms with Gasteiger partial charge in [0.2, 0.25) is 0 Å². The van der Waals surface area contributed by atoms with Crippen LogP contribution in [-0.2, 0) is 4.79 Å². The lowest BCUT2D eigenvalue weighted by Crippen LogP contribution is -2.61. The highest BCUT2D eigenvalue weighted by Gasteiger charge is 2.47. The van der Waals surface area contributed by atoms with Gasteiger partial charge >= 0.3 is 0 Å². The zero-order chi connectivity index (χ0) is 15.6. The van der Waals surface area contributed by atoms with E-state index in [2.05, 4.69) is 10.6 Å². The lowest BCUT2D eigenvalue weighted by Gasteiger charge is -2.39. The topological polar surface area (TPSA) is 58.2 Å². The van der Waals surface area contributed by atoms with Crippen LogP contribution in [0.25, 0.3) is 0 Å². The van der Waals surface area contributed by atoms with Crippen LogP contribution < -0.4 is 10.6 Å². The van der Waals surface area contributed by atoms with Crippen LogP contribution in [0.5, 0.6) is 0 Å². The molecule has 1 aliphatic heterocycles. The van der Waals surface area contributed by atoms with E-state index in [1.165, 1.54) is 11.8 Å². The molecule has 4 nitrogen and oxygen atoms in total. The fourth-order valence-electron chi connectivity index (χ4n) is 2.23. The smallest absolute Gasteiger partial charge is 0.256 e. The Balaban J connectivity index is 2.33. The van der Waals surface area contributed by atoms with Crippen molar-refractivity contribution in [1.82, 2.24) is 10.6 Å². The second kappa shape index (κ2) is 6.10. The minimum atomic E-state index is -0.944. The van der Waals surface area contributed by atoms with Crippen molar-refractivity contribution in [3.05, 3.63) is 29.8 Å². The van der Waals surface area contributed by atoms with E-state index in [1.807, 2.05) is 45.9 Å². The molecule has 2 rings (SSSR count). The highest BCUT2D eigenvalue weighted by Crippen LogP contribution is 2.42.